The molecule has 0 radical (unpaired) electrons. The largest absolute Gasteiger partial charge is 0.366 e. The van der Waals surface area contributed by atoms with Gasteiger partial charge in [0.2, 0.25) is 5.91 Å². The number of amides is 1. The Bertz CT molecular complexity index is 429. The summed E-state index contributed by atoms with van der Waals surface area (Å²) in [5, 5.41) is 3.28. The fraction of sp³-hybridized carbons (Fsp3) is 0.500. The molecule has 0 spiro atoms. The van der Waals surface area contributed by atoms with Gasteiger partial charge in [0.15, 0.2) is 0 Å². The van der Waals surface area contributed by atoms with Gasteiger partial charge in [0, 0.05) is 23.8 Å². The van der Waals surface area contributed by atoms with Crippen molar-refractivity contribution in [2.24, 2.45) is 17.4 Å². The summed E-state index contributed by atoms with van der Waals surface area (Å²) in [6.45, 7) is 2.42. The van der Waals surface area contributed by atoms with E-state index in [0.717, 1.165) is 5.69 Å². The molecule has 1 aliphatic carbocycles. The Hall–Kier alpha value is -1.62. The summed E-state index contributed by atoms with van der Waals surface area (Å²) in [4.78, 5) is 15.5. The van der Waals surface area contributed by atoms with Crippen molar-refractivity contribution in [2.75, 3.05) is 11.9 Å². The number of rotatable bonds is 5. The van der Waals surface area contributed by atoms with Crippen LogP contribution in [0.5, 0.6) is 0 Å². The maximum Gasteiger partial charge on any atom is 0.248 e. The van der Waals surface area contributed by atoms with Crippen LogP contribution in [0.3, 0.4) is 0 Å². The number of primary amides is 1. The average molecular weight is 234 g/mol. The van der Waals surface area contributed by atoms with Crippen LogP contribution < -0.4 is 16.8 Å². The van der Waals surface area contributed by atoms with Crippen molar-refractivity contribution in [3.8, 4) is 0 Å². The van der Waals surface area contributed by atoms with Crippen molar-refractivity contribution in [3.63, 3.8) is 0 Å². The number of nitrogens with two attached hydrogens (primary N) is 2. The van der Waals surface area contributed by atoms with E-state index in [4.69, 9.17) is 11.5 Å². The highest BCUT2D eigenvalue weighted by atomic mass is 16.1. The molecule has 17 heavy (non-hydrogen) atoms. The fourth-order valence-corrected chi connectivity index (χ4v) is 1.94. The van der Waals surface area contributed by atoms with E-state index in [1.807, 2.05) is 6.92 Å². The molecule has 5 heteroatoms. The molecule has 0 aliphatic heterocycles. The van der Waals surface area contributed by atoms with Gasteiger partial charge in [0.1, 0.15) is 5.82 Å². The lowest BCUT2D eigenvalue weighted by atomic mass is 10.1. The van der Waals surface area contributed by atoms with E-state index in [1.54, 1.807) is 12.1 Å². The number of aryl methyl sites for hydroxylation is 1. The second-order valence-corrected chi connectivity index (χ2v) is 4.57. The van der Waals surface area contributed by atoms with Gasteiger partial charge in [-0.25, -0.2) is 4.98 Å². The van der Waals surface area contributed by atoms with Crippen LogP contribution in [0.15, 0.2) is 12.1 Å². The molecule has 5 N–H and O–H groups in total. The van der Waals surface area contributed by atoms with Crippen molar-refractivity contribution in [1.29, 1.82) is 0 Å². The number of pyridine rings is 1. The Kier molecular flexibility index (Phi) is 3.28. The smallest absolute Gasteiger partial charge is 0.248 e. The van der Waals surface area contributed by atoms with E-state index in [1.165, 1.54) is 12.8 Å². The lowest BCUT2D eigenvalue weighted by Crippen LogP contribution is -2.31. The number of hydrogen-bond donors (Lipinski definition) is 3. The molecule has 1 unspecified atom stereocenters. The first kappa shape index (κ1) is 11.9. The molecule has 1 amide bonds. The molecule has 0 aromatic carbocycles. The summed E-state index contributed by atoms with van der Waals surface area (Å²) < 4.78 is 0. The fourth-order valence-electron chi connectivity index (χ4n) is 1.94. The van der Waals surface area contributed by atoms with Crippen molar-refractivity contribution in [3.05, 3.63) is 23.4 Å². The van der Waals surface area contributed by atoms with E-state index in [2.05, 4.69) is 10.3 Å². The molecule has 1 heterocycles. The molecule has 1 aliphatic rings. The topological polar surface area (TPSA) is 94.0 Å². The number of carbonyl (C=O) groups excluding carboxylic acids is 1. The third kappa shape index (κ3) is 2.94. The first-order chi connectivity index (χ1) is 8.10. The zero-order valence-electron chi connectivity index (χ0n) is 9.94. The van der Waals surface area contributed by atoms with Gasteiger partial charge >= 0.3 is 0 Å². The van der Waals surface area contributed by atoms with E-state index >= 15 is 0 Å². The predicted molar refractivity (Wildman–Crippen MR) is 66.7 cm³/mol. The van der Waals surface area contributed by atoms with Crippen LogP contribution in [0.1, 0.15) is 28.9 Å². The van der Waals surface area contributed by atoms with Crippen LogP contribution in [-0.2, 0) is 0 Å². The minimum atomic E-state index is -0.436. The molecule has 5 nitrogen and oxygen atoms in total. The van der Waals surface area contributed by atoms with Gasteiger partial charge in [0.25, 0.3) is 0 Å². The number of nitrogens with one attached hydrogen (secondary N) is 1. The van der Waals surface area contributed by atoms with E-state index in [-0.39, 0.29) is 6.04 Å². The first-order valence-electron chi connectivity index (χ1n) is 5.85. The molecule has 0 saturated heterocycles. The maximum atomic E-state index is 11.1. The van der Waals surface area contributed by atoms with Gasteiger partial charge in [-0.3, -0.25) is 4.79 Å². The van der Waals surface area contributed by atoms with Gasteiger partial charge in [-0.05, 0) is 37.8 Å². The lowest BCUT2D eigenvalue weighted by Gasteiger charge is -2.17. The Balaban J connectivity index is 2.16. The van der Waals surface area contributed by atoms with Crippen LogP contribution in [0.25, 0.3) is 0 Å². The van der Waals surface area contributed by atoms with Crippen molar-refractivity contribution in [2.45, 2.75) is 25.8 Å². The Morgan fingerprint density at radius 2 is 2.29 bits per heavy atom. The summed E-state index contributed by atoms with van der Waals surface area (Å²) >= 11 is 0. The summed E-state index contributed by atoms with van der Waals surface area (Å²) in [6.07, 6.45) is 2.42. The van der Waals surface area contributed by atoms with Crippen molar-refractivity contribution >= 4 is 11.7 Å². The number of nitrogens with zero attached hydrogens (tertiary/aromatic N) is 1. The zero-order chi connectivity index (χ0) is 12.4. The monoisotopic (exact) mass is 234 g/mol. The third-order valence-electron chi connectivity index (χ3n) is 3.02. The van der Waals surface area contributed by atoms with Gasteiger partial charge in [0.05, 0.1) is 0 Å². The Labute approximate surface area is 101 Å². The van der Waals surface area contributed by atoms with Crippen LogP contribution in [0, 0.1) is 12.8 Å². The summed E-state index contributed by atoms with van der Waals surface area (Å²) in [7, 11) is 0. The van der Waals surface area contributed by atoms with Gasteiger partial charge in [-0.15, -0.1) is 0 Å². The quantitative estimate of drug-likeness (QED) is 0.696. The molecule has 2 rings (SSSR count). The number of anilines is 1. The molecule has 92 valence electrons. The predicted octanol–water partition coefficient (Wildman–Crippen LogP) is 0.638. The number of hydrogen-bond acceptors (Lipinski definition) is 4. The first-order valence-corrected chi connectivity index (χ1v) is 5.85. The SMILES string of the molecule is Cc1cc(C(N)=O)cc(NC(CN)C2CC2)n1. The van der Waals surface area contributed by atoms with Crippen LogP contribution in [0.2, 0.25) is 0 Å². The molecule has 1 saturated carbocycles. The van der Waals surface area contributed by atoms with Gasteiger partial charge in [-0.2, -0.15) is 0 Å². The molecular weight excluding hydrogens is 216 g/mol. The van der Waals surface area contributed by atoms with Crippen molar-refractivity contribution < 1.29 is 4.79 Å². The van der Waals surface area contributed by atoms with Crippen LogP contribution >= 0.6 is 0 Å². The molecular formula is C12H18N4O. The molecule has 1 aromatic heterocycles. The second-order valence-electron chi connectivity index (χ2n) is 4.57. The molecule has 1 fully saturated rings. The molecule has 1 atom stereocenters. The number of aromatic nitrogens is 1. The lowest BCUT2D eigenvalue weighted by molar-refractivity contribution is 0.1000. The van der Waals surface area contributed by atoms with Crippen LogP contribution in [0.4, 0.5) is 5.82 Å². The summed E-state index contributed by atoms with van der Waals surface area (Å²) in [6, 6.07) is 3.60. The highest BCUT2D eigenvalue weighted by Crippen LogP contribution is 2.33. The minimum Gasteiger partial charge on any atom is -0.366 e. The third-order valence-corrected chi connectivity index (χ3v) is 3.02. The summed E-state index contributed by atoms with van der Waals surface area (Å²) in [5.74, 6) is 0.884. The molecule has 0 bridgehead atoms. The van der Waals surface area contributed by atoms with E-state index in [0.29, 0.717) is 23.8 Å². The zero-order valence-corrected chi connectivity index (χ0v) is 9.94. The van der Waals surface area contributed by atoms with Gasteiger partial charge in [-0.1, -0.05) is 0 Å². The minimum absolute atomic E-state index is 0.241. The normalized spacial score (nSPS) is 16.6. The highest BCUT2D eigenvalue weighted by Gasteiger charge is 2.30. The van der Waals surface area contributed by atoms with E-state index in [9.17, 15) is 4.79 Å². The van der Waals surface area contributed by atoms with E-state index < -0.39 is 5.91 Å². The standard InChI is InChI=1S/C12H18N4O/c1-7-4-9(12(14)17)5-11(15-7)16-10(6-13)8-2-3-8/h4-5,8,10H,2-3,6,13H2,1H3,(H2,14,17)(H,15,16). The summed E-state index contributed by atoms with van der Waals surface area (Å²) in [5.41, 5.74) is 12.2. The second kappa shape index (κ2) is 4.71. The maximum absolute atomic E-state index is 11.1. The van der Waals surface area contributed by atoms with Crippen LogP contribution in [-0.4, -0.2) is 23.5 Å². The molecule has 1 aromatic rings. The number of carbonyl (C=O) groups is 1. The highest BCUT2D eigenvalue weighted by molar-refractivity contribution is 5.93. The average Bonchev–Trinajstić information content (AvgIpc) is 3.09. The Morgan fingerprint density at radius 3 is 2.82 bits per heavy atom. The Morgan fingerprint density at radius 1 is 1.59 bits per heavy atom. The van der Waals surface area contributed by atoms with Crippen molar-refractivity contribution in [1.82, 2.24) is 4.98 Å². The van der Waals surface area contributed by atoms with Gasteiger partial charge < -0.3 is 16.8 Å².